The van der Waals surface area contributed by atoms with Gasteiger partial charge in [0.15, 0.2) is 0 Å². The van der Waals surface area contributed by atoms with Gasteiger partial charge in [0.2, 0.25) is 0 Å². The van der Waals surface area contributed by atoms with Gasteiger partial charge in [0.05, 0.1) is 12.8 Å². The molecule has 2 heterocycles. The highest BCUT2D eigenvalue weighted by Gasteiger charge is 2.22. The normalized spacial score (nSPS) is 23.8. The van der Waals surface area contributed by atoms with Gasteiger partial charge in [-0.05, 0) is 20.0 Å². The van der Waals surface area contributed by atoms with Gasteiger partial charge in [-0.15, -0.1) is 0 Å². The molecule has 90 valence electrons. The Labute approximate surface area is 97.0 Å². The maximum Gasteiger partial charge on any atom is 0.122 e. The van der Waals surface area contributed by atoms with E-state index in [1.54, 1.807) is 6.26 Å². The third-order valence-electron chi connectivity index (χ3n) is 3.37. The number of likely N-dealkylation sites (N-methyl/N-ethyl adjacent to an activating group) is 1. The largest absolute Gasteiger partial charge is 0.468 e. The van der Waals surface area contributed by atoms with E-state index in [9.17, 15) is 0 Å². The van der Waals surface area contributed by atoms with Crippen molar-refractivity contribution in [3.05, 3.63) is 23.7 Å². The fourth-order valence-electron chi connectivity index (χ4n) is 2.28. The first kappa shape index (κ1) is 11.6. The number of nitrogens with two attached hydrogens (primary N) is 1. The molecule has 1 aromatic rings. The second-order valence-corrected chi connectivity index (χ2v) is 4.65. The molecule has 2 N–H and O–H groups in total. The SMILES string of the molecule is CC1CN(C)CCN1Cc1occc1CN. The zero-order valence-corrected chi connectivity index (χ0v) is 10.1. The van der Waals surface area contributed by atoms with Crippen LogP contribution in [0, 0.1) is 0 Å². The molecule has 4 heteroatoms. The molecule has 2 rings (SSSR count). The van der Waals surface area contributed by atoms with Crippen molar-refractivity contribution in [2.24, 2.45) is 5.73 Å². The van der Waals surface area contributed by atoms with Crippen LogP contribution in [0.4, 0.5) is 0 Å². The van der Waals surface area contributed by atoms with Gasteiger partial charge in [0, 0.05) is 37.8 Å². The van der Waals surface area contributed by atoms with Gasteiger partial charge in [-0.2, -0.15) is 0 Å². The summed E-state index contributed by atoms with van der Waals surface area (Å²) in [6.07, 6.45) is 1.73. The standard InChI is InChI=1S/C12H21N3O/c1-10-8-14(2)4-5-15(10)9-12-11(7-13)3-6-16-12/h3,6,10H,4-5,7-9,13H2,1-2H3. The Morgan fingerprint density at radius 3 is 3.00 bits per heavy atom. The topological polar surface area (TPSA) is 45.6 Å². The van der Waals surface area contributed by atoms with Crippen LogP contribution in [0.3, 0.4) is 0 Å². The Morgan fingerprint density at radius 1 is 1.50 bits per heavy atom. The minimum atomic E-state index is 0.563. The van der Waals surface area contributed by atoms with Crippen LogP contribution in [0.5, 0.6) is 0 Å². The molecule has 0 bridgehead atoms. The number of piperazine rings is 1. The second kappa shape index (κ2) is 4.99. The molecule has 0 saturated carbocycles. The summed E-state index contributed by atoms with van der Waals surface area (Å²) in [5.74, 6) is 1.03. The Bertz CT molecular complexity index is 337. The first-order valence-electron chi connectivity index (χ1n) is 5.88. The summed E-state index contributed by atoms with van der Waals surface area (Å²) in [7, 11) is 2.17. The fourth-order valence-corrected chi connectivity index (χ4v) is 2.28. The molecular weight excluding hydrogens is 202 g/mol. The molecule has 1 aliphatic rings. The third-order valence-corrected chi connectivity index (χ3v) is 3.37. The van der Waals surface area contributed by atoms with Crippen LogP contribution in [-0.2, 0) is 13.1 Å². The fraction of sp³-hybridized carbons (Fsp3) is 0.667. The molecule has 1 aliphatic heterocycles. The minimum absolute atomic E-state index is 0.563. The summed E-state index contributed by atoms with van der Waals surface area (Å²) in [5, 5.41) is 0. The lowest BCUT2D eigenvalue weighted by Gasteiger charge is -2.37. The van der Waals surface area contributed by atoms with E-state index in [2.05, 4.69) is 23.8 Å². The van der Waals surface area contributed by atoms with Crippen molar-refractivity contribution in [3.63, 3.8) is 0 Å². The summed E-state index contributed by atoms with van der Waals surface area (Å²) in [6.45, 7) is 7.06. The molecule has 1 saturated heterocycles. The molecule has 4 nitrogen and oxygen atoms in total. The zero-order chi connectivity index (χ0) is 11.5. The highest BCUT2D eigenvalue weighted by atomic mass is 16.3. The molecule has 1 atom stereocenters. The Morgan fingerprint density at radius 2 is 2.31 bits per heavy atom. The van der Waals surface area contributed by atoms with E-state index < -0.39 is 0 Å². The highest BCUT2D eigenvalue weighted by Crippen LogP contribution is 2.16. The van der Waals surface area contributed by atoms with Crippen LogP contribution in [0.15, 0.2) is 16.7 Å². The van der Waals surface area contributed by atoms with E-state index in [1.165, 1.54) is 0 Å². The van der Waals surface area contributed by atoms with Crippen molar-refractivity contribution >= 4 is 0 Å². The maximum absolute atomic E-state index is 5.67. The molecular formula is C12H21N3O. The molecule has 0 aromatic carbocycles. The second-order valence-electron chi connectivity index (χ2n) is 4.65. The molecule has 0 amide bonds. The monoisotopic (exact) mass is 223 g/mol. The lowest BCUT2D eigenvalue weighted by molar-refractivity contribution is 0.0872. The molecule has 0 radical (unpaired) electrons. The quantitative estimate of drug-likeness (QED) is 0.826. The Balaban J connectivity index is 1.99. The van der Waals surface area contributed by atoms with Crippen LogP contribution in [-0.4, -0.2) is 42.5 Å². The van der Waals surface area contributed by atoms with E-state index in [0.29, 0.717) is 12.6 Å². The van der Waals surface area contributed by atoms with Gasteiger partial charge in [-0.1, -0.05) is 0 Å². The van der Waals surface area contributed by atoms with Crippen LogP contribution in [0.2, 0.25) is 0 Å². The van der Waals surface area contributed by atoms with Crippen LogP contribution in [0.1, 0.15) is 18.2 Å². The van der Waals surface area contributed by atoms with Crippen molar-refractivity contribution < 1.29 is 4.42 Å². The average molecular weight is 223 g/mol. The van der Waals surface area contributed by atoms with Crippen molar-refractivity contribution in [1.82, 2.24) is 9.80 Å². The predicted molar refractivity (Wildman–Crippen MR) is 64.0 cm³/mol. The van der Waals surface area contributed by atoms with Gasteiger partial charge >= 0.3 is 0 Å². The van der Waals surface area contributed by atoms with Gasteiger partial charge < -0.3 is 15.1 Å². The average Bonchev–Trinajstić information content (AvgIpc) is 2.69. The minimum Gasteiger partial charge on any atom is -0.468 e. The summed E-state index contributed by atoms with van der Waals surface area (Å²) in [5.41, 5.74) is 6.80. The number of hydrogen-bond acceptors (Lipinski definition) is 4. The number of hydrogen-bond donors (Lipinski definition) is 1. The molecule has 0 aliphatic carbocycles. The summed E-state index contributed by atoms with van der Waals surface area (Å²) < 4.78 is 5.50. The first-order chi connectivity index (χ1) is 7.70. The number of nitrogens with zero attached hydrogens (tertiary/aromatic N) is 2. The van der Waals surface area contributed by atoms with Crippen molar-refractivity contribution in [1.29, 1.82) is 0 Å². The third kappa shape index (κ3) is 2.45. The smallest absolute Gasteiger partial charge is 0.122 e. The molecule has 0 spiro atoms. The van der Waals surface area contributed by atoms with Crippen molar-refractivity contribution in [2.75, 3.05) is 26.7 Å². The van der Waals surface area contributed by atoms with E-state index in [0.717, 1.165) is 37.5 Å². The lowest BCUT2D eigenvalue weighted by atomic mass is 10.1. The van der Waals surface area contributed by atoms with Gasteiger partial charge in [-0.3, -0.25) is 4.90 Å². The van der Waals surface area contributed by atoms with E-state index >= 15 is 0 Å². The predicted octanol–water partition coefficient (Wildman–Crippen LogP) is 0.874. The first-order valence-corrected chi connectivity index (χ1v) is 5.88. The van der Waals surface area contributed by atoms with Crippen LogP contribution in [0.25, 0.3) is 0 Å². The van der Waals surface area contributed by atoms with E-state index in [1.807, 2.05) is 6.07 Å². The van der Waals surface area contributed by atoms with Crippen LogP contribution < -0.4 is 5.73 Å². The molecule has 1 unspecified atom stereocenters. The number of rotatable bonds is 3. The summed E-state index contributed by atoms with van der Waals surface area (Å²) in [4.78, 5) is 4.82. The molecule has 1 fully saturated rings. The summed E-state index contributed by atoms with van der Waals surface area (Å²) in [6, 6.07) is 2.55. The van der Waals surface area contributed by atoms with Crippen LogP contribution >= 0.6 is 0 Å². The zero-order valence-electron chi connectivity index (χ0n) is 10.1. The highest BCUT2D eigenvalue weighted by molar-refractivity contribution is 5.16. The molecule has 1 aromatic heterocycles. The summed E-state index contributed by atoms with van der Waals surface area (Å²) >= 11 is 0. The van der Waals surface area contributed by atoms with E-state index in [4.69, 9.17) is 10.2 Å². The van der Waals surface area contributed by atoms with Gasteiger partial charge in [0.1, 0.15) is 5.76 Å². The van der Waals surface area contributed by atoms with Gasteiger partial charge in [0.25, 0.3) is 0 Å². The van der Waals surface area contributed by atoms with Crippen molar-refractivity contribution in [2.45, 2.75) is 26.1 Å². The van der Waals surface area contributed by atoms with Gasteiger partial charge in [-0.25, -0.2) is 0 Å². The van der Waals surface area contributed by atoms with E-state index in [-0.39, 0.29) is 0 Å². The lowest BCUT2D eigenvalue weighted by Crippen LogP contribution is -2.49. The maximum atomic E-state index is 5.67. The van der Waals surface area contributed by atoms with Crippen molar-refractivity contribution in [3.8, 4) is 0 Å². The Hall–Kier alpha value is -0.840. The number of furan rings is 1. The molecule has 16 heavy (non-hydrogen) atoms. The Kier molecular flexibility index (Phi) is 3.63.